The Balaban J connectivity index is 2.80. The zero-order valence-electron chi connectivity index (χ0n) is 9.38. The lowest BCUT2D eigenvalue weighted by molar-refractivity contribution is 0.0698. The SMILES string of the molecule is Cc1noc(-c2csc(C(=O)O)c2S(N)(=O)=O)c1Br. The van der Waals surface area contributed by atoms with E-state index in [1.54, 1.807) is 6.92 Å². The van der Waals surface area contributed by atoms with Crippen LogP contribution in [0.4, 0.5) is 0 Å². The van der Waals surface area contributed by atoms with Crippen molar-refractivity contribution in [3.8, 4) is 11.3 Å². The molecule has 3 N–H and O–H groups in total. The fourth-order valence-corrected chi connectivity index (χ4v) is 3.97. The van der Waals surface area contributed by atoms with Crippen LogP contribution >= 0.6 is 27.3 Å². The normalized spacial score (nSPS) is 11.7. The van der Waals surface area contributed by atoms with E-state index in [0.29, 0.717) is 10.2 Å². The van der Waals surface area contributed by atoms with E-state index in [9.17, 15) is 13.2 Å². The molecule has 0 fully saturated rings. The first-order valence-corrected chi connectivity index (χ1v) is 7.95. The van der Waals surface area contributed by atoms with Crippen LogP contribution in [-0.4, -0.2) is 24.7 Å². The number of halogens is 1. The van der Waals surface area contributed by atoms with Crippen LogP contribution in [0, 0.1) is 6.92 Å². The highest BCUT2D eigenvalue weighted by Crippen LogP contribution is 2.39. The first kappa shape index (κ1) is 14.2. The summed E-state index contributed by atoms with van der Waals surface area (Å²) in [5.74, 6) is -1.24. The molecule has 0 unspecified atom stereocenters. The number of nitrogens with zero attached hydrogens (tertiary/aromatic N) is 1. The minimum atomic E-state index is -4.20. The number of carbonyl (C=O) groups is 1. The monoisotopic (exact) mass is 366 g/mol. The van der Waals surface area contributed by atoms with Gasteiger partial charge in [0.2, 0.25) is 10.0 Å². The standard InChI is InChI=1S/C9H7BrN2O5S2/c1-3-5(10)6(17-12-3)4-2-18-7(9(13)14)8(4)19(11,15)16/h2H,1H3,(H,13,14)(H2,11,15,16). The van der Waals surface area contributed by atoms with Gasteiger partial charge in [0.25, 0.3) is 0 Å². The molecule has 0 amide bonds. The predicted octanol–water partition coefficient (Wildman–Crippen LogP) is 1.82. The maximum Gasteiger partial charge on any atom is 0.347 e. The van der Waals surface area contributed by atoms with E-state index >= 15 is 0 Å². The molecule has 0 saturated heterocycles. The predicted molar refractivity (Wildman–Crippen MR) is 70.6 cm³/mol. The molecule has 0 aliphatic rings. The number of thiophene rings is 1. The topological polar surface area (TPSA) is 123 Å². The maximum absolute atomic E-state index is 11.6. The molecule has 0 aromatic carbocycles. The van der Waals surface area contributed by atoms with Gasteiger partial charge in [0.15, 0.2) is 5.76 Å². The van der Waals surface area contributed by atoms with Gasteiger partial charge in [0.1, 0.15) is 9.77 Å². The fraction of sp³-hybridized carbons (Fsp3) is 0.111. The number of sulfonamides is 1. The van der Waals surface area contributed by atoms with Gasteiger partial charge >= 0.3 is 5.97 Å². The van der Waals surface area contributed by atoms with Crippen molar-refractivity contribution >= 4 is 43.3 Å². The third kappa shape index (κ3) is 2.43. The van der Waals surface area contributed by atoms with Crippen LogP contribution in [0.15, 0.2) is 19.3 Å². The molecular weight excluding hydrogens is 360 g/mol. The van der Waals surface area contributed by atoms with Crippen molar-refractivity contribution in [1.29, 1.82) is 0 Å². The Bertz CT molecular complexity index is 762. The second-order valence-corrected chi connectivity index (χ2v) is 6.74. The summed E-state index contributed by atoms with van der Waals surface area (Å²) in [5.41, 5.74) is 0.593. The maximum atomic E-state index is 11.6. The first-order valence-electron chi connectivity index (χ1n) is 4.73. The molecule has 19 heavy (non-hydrogen) atoms. The molecule has 2 aromatic heterocycles. The highest BCUT2D eigenvalue weighted by Gasteiger charge is 2.29. The van der Waals surface area contributed by atoms with Crippen molar-refractivity contribution in [1.82, 2.24) is 5.16 Å². The third-order valence-corrected chi connectivity index (χ3v) is 5.28. The second-order valence-electron chi connectivity index (χ2n) is 3.57. The van der Waals surface area contributed by atoms with Gasteiger partial charge in [-0.2, -0.15) is 0 Å². The Labute approximate surface area is 120 Å². The van der Waals surface area contributed by atoms with Gasteiger partial charge in [-0.1, -0.05) is 5.16 Å². The van der Waals surface area contributed by atoms with Gasteiger partial charge < -0.3 is 9.63 Å². The van der Waals surface area contributed by atoms with Gasteiger partial charge in [0, 0.05) is 5.38 Å². The lowest BCUT2D eigenvalue weighted by Crippen LogP contribution is -2.15. The van der Waals surface area contributed by atoms with E-state index in [4.69, 9.17) is 14.8 Å². The van der Waals surface area contributed by atoms with E-state index in [2.05, 4.69) is 21.1 Å². The Morgan fingerprint density at radius 3 is 2.63 bits per heavy atom. The number of carboxylic acid groups (broad SMARTS) is 1. The van der Waals surface area contributed by atoms with E-state index in [0.717, 1.165) is 11.3 Å². The molecule has 0 saturated carbocycles. The Morgan fingerprint density at radius 1 is 1.58 bits per heavy atom. The van der Waals surface area contributed by atoms with Crippen LogP contribution in [-0.2, 0) is 10.0 Å². The number of aromatic nitrogens is 1. The highest BCUT2D eigenvalue weighted by molar-refractivity contribution is 9.10. The summed E-state index contributed by atoms with van der Waals surface area (Å²) in [6, 6.07) is 0. The van der Waals surface area contributed by atoms with Crippen LogP contribution < -0.4 is 5.14 Å². The molecule has 102 valence electrons. The summed E-state index contributed by atoms with van der Waals surface area (Å²) >= 11 is 3.96. The van der Waals surface area contributed by atoms with Crippen molar-refractivity contribution in [3.05, 3.63) is 20.4 Å². The molecule has 7 nitrogen and oxygen atoms in total. The third-order valence-electron chi connectivity index (χ3n) is 2.26. The number of aromatic carboxylic acids is 1. The molecule has 0 aliphatic heterocycles. The molecule has 2 heterocycles. The molecule has 0 radical (unpaired) electrons. The van der Waals surface area contributed by atoms with Gasteiger partial charge in [-0.25, -0.2) is 18.4 Å². The van der Waals surface area contributed by atoms with E-state index in [1.165, 1.54) is 5.38 Å². The lowest BCUT2D eigenvalue weighted by atomic mass is 10.2. The Hall–Kier alpha value is -1.23. The molecule has 0 spiro atoms. The zero-order chi connectivity index (χ0) is 14.4. The summed E-state index contributed by atoms with van der Waals surface area (Å²) < 4.78 is 28.6. The summed E-state index contributed by atoms with van der Waals surface area (Å²) in [6.45, 7) is 1.65. The number of hydrogen-bond donors (Lipinski definition) is 2. The first-order chi connectivity index (χ1) is 8.73. The van der Waals surface area contributed by atoms with Crippen molar-refractivity contribution in [2.24, 2.45) is 5.14 Å². The number of nitrogens with two attached hydrogens (primary N) is 1. The molecule has 0 aliphatic carbocycles. The Morgan fingerprint density at radius 2 is 2.21 bits per heavy atom. The molecule has 0 bridgehead atoms. The largest absolute Gasteiger partial charge is 0.477 e. The van der Waals surface area contributed by atoms with Crippen molar-refractivity contribution in [3.63, 3.8) is 0 Å². The van der Waals surface area contributed by atoms with Crippen LogP contribution in [0.1, 0.15) is 15.4 Å². The van der Waals surface area contributed by atoms with Gasteiger partial charge in [-0.05, 0) is 22.9 Å². The van der Waals surface area contributed by atoms with Gasteiger partial charge in [-0.15, -0.1) is 11.3 Å². The summed E-state index contributed by atoms with van der Waals surface area (Å²) in [7, 11) is -4.20. The minimum Gasteiger partial charge on any atom is -0.477 e. The highest BCUT2D eigenvalue weighted by atomic mass is 79.9. The van der Waals surface area contributed by atoms with Crippen LogP contribution in [0.2, 0.25) is 0 Å². The quantitative estimate of drug-likeness (QED) is 0.853. The summed E-state index contributed by atoms with van der Waals surface area (Å²) in [4.78, 5) is 10.2. The number of aryl methyl sites for hydroxylation is 1. The van der Waals surface area contributed by atoms with Crippen molar-refractivity contribution in [2.45, 2.75) is 11.8 Å². The number of hydrogen-bond acceptors (Lipinski definition) is 6. The molecule has 0 atom stereocenters. The van der Waals surface area contributed by atoms with Crippen LogP contribution in [0.3, 0.4) is 0 Å². The molecular formula is C9H7BrN2O5S2. The number of rotatable bonds is 3. The van der Waals surface area contributed by atoms with Gasteiger partial charge in [0.05, 0.1) is 15.7 Å². The average molecular weight is 367 g/mol. The lowest BCUT2D eigenvalue weighted by Gasteiger charge is -2.00. The zero-order valence-corrected chi connectivity index (χ0v) is 12.6. The second kappa shape index (κ2) is 4.71. The van der Waals surface area contributed by atoms with E-state index in [1.807, 2.05) is 0 Å². The average Bonchev–Trinajstić information content (AvgIpc) is 2.83. The molecule has 2 aromatic rings. The van der Waals surface area contributed by atoms with E-state index < -0.39 is 20.9 Å². The van der Waals surface area contributed by atoms with E-state index in [-0.39, 0.29) is 16.2 Å². The van der Waals surface area contributed by atoms with Crippen LogP contribution in [0.25, 0.3) is 11.3 Å². The van der Waals surface area contributed by atoms with Crippen LogP contribution in [0.5, 0.6) is 0 Å². The molecule has 10 heteroatoms. The summed E-state index contributed by atoms with van der Waals surface area (Å²) in [6.07, 6.45) is 0. The van der Waals surface area contributed by atoms with Crippen molar-refractivity contribution in [2.75, 3.05) is 0 Å². The summed E-state index contributed by atoms with van der Waals surface area (Å²) in [5, 5.41) is 19.1. The smallest absolute Gasteiger partial charge is 0.347 e. The number of carboxylic acids is 1. The number of primary sulfonamides is 1. The fourth-order valence-electron chi connectivity index (χ4n) is 1.46. The molecule has 2 rings (SSSR count). The van der Waals surface area contributed by atoms with Crippen molar-refractivity contribution < 1.29 is 22.8 Å². The Kier molecular flexibility index (Phi) is 3.51. The minimum absolute atomic E-state index is 0.0809. The van der Waals surface area contributed by atoms with Gasteiger partial charge in [-0.3, -0.25) is 0 Å².